The van der Waals surface area contributed by atoms with Gasteiger partial charge in [0.25, 0.3) is 0 Å². The van der Waals surface area contributed by atoms with Gasteiger partial charge in [-0.2, -0.15) is 15.0 Å². The zero-order chi connectivity index (χ0) is 14.4. The van der Waals surface area contributed by atoms with Crippen molar-refractivity contribution in [2.24, 2.45) is 5.92 Å². The molecule has 6 nitrogen and oxygen atoms in total. The summed E-state index contributed by atoms with van der Waals surface area (Å²) in [5.41, 5.74) is 0. The quantitative estimate of drug-likeness (QED) is 0.841. The molecular weight excluding hydrogens is 289 g/mol. The molecule has 106 valence electrons. The molecule has 0 aliphatic rings. The highest BCUT2D eigenvalue weighted by Crippen LogP contribution is 2.14. The van der Waals surface area contributed by atoms with Gasteiger partial charge in [0.05, 0.1) is 0 Å². The number of amides is 1. The van der Waals surface area contributed by atoms with Crippen molar-refractivity contribution in [3.05, 3.63) is 10.6 Å². The van der Waals surface area contributed by atoms with Crippen molar-refractivity contribution >= 4 is 35.1 Å². The molecule has 1 atom stereocenters. The van der Waals surface area contributed by atoms with E-state index in [0.717, 1.165) is 6.42 Å². The summed E-state index contributed by atoms with van der Waals surface area (Å²) >= 11 is 11.4. The van der Waals surface area contributed by atoms with Crippen molar-refractivity contribution in [3.63, 3.8) is 0 Å². The van der Waals surface area contributed by atoms with Crippen molar-refractivity contribution in [2.75, 3.05) is 12.4 Å². The van der Waals surface area contributed by atoms with Crippen molar-refractivity contribution in [3.8, 4) is 0 Å². The maximum atomic E-state index is 11.8. The predicted molar refractivity (Wildman–Crippen MR) is 75.4 cm³/mol. The number of hydrogen-bond donors (Lipinski definition) is 2. The van der Waals surface area contributed by atoms with Crippen LogP contribution in [0.1, 0.15) is 26.7 Å². The predicted octanol–water partition coefficient (Wildman–Crippen LogP) is 2.14. The molecule has 19 heavy (non-hydrogen) atoms. The maximum absolute atomic E-state index is 11.8. The number of carbonyl (C=O) groups excluding carboxylic acids is 1. The first-order valence-corrected chi connectivity index (χ1v) is 6.73. The average molecular weight is 306 g/mol. The summed E-state index contributed by atoms with van der Waals surface area (Å²) in [6.45, 7) is 4.19. The number of hydrogen-bond acceptors (Lipinski definition) is 5. The van der Waals surface area contributed by atoms with Crippen LogP contribution in [0.4, 0.5) is 5.95 Å². The molecular formula is C11H17Cl2N5O. The van der Waals surface area contributed by atoms with Crippen LogP contribution in [0.15, 0.2) is 0 Å². The van der Waals surface area contributed by atoms with Gasteiger partial charge < -0.3 is 10.6 Å². The van der Waals surface area contributed by atoms with E-state index in [4.69, 9.17) is 23.2 Å². The minimum atomic E-state index is -0.429. The fraction of sp³-hybridized carbons (Fsp3) is 0.636. The van der Waals surface area contributed by atoms with E-state index < -0.39 is 6.04 Å². The number of rotatable bonds is 6. The van der Waals surface area contributed by atoms with Gasteiger partial charge in [0.15, 0.2) is 0 Å². The molecule has 0 aromatic carbocycles. The summed E-state index contributed by atoms with van der Waals surface area (Å²) < 4.78 is 0. The first-order valence-electron chi connectivity index (χ1n) is 5.97. The smallest absolute Gasteiger partial charge is 0.242 e. The average Bonchev–Trinajstić information content (AvgIpc) is 2.32. The Morgan fingerprint density at radius 1 is 1.16 bits per heavy atom. The summed E-state index contributed by atoms with van der Waals surface area (Å²) in [4.78, 5) is 23.2. The number of nitrogens with one attached hydrogen (secondary N) is 2. The van der Waals surface area contributed by atoms with Crippen LogP contribution in [-0.2, 0) is 4.79 Å². The van der Waals surface area contributed by atoms with Gasteiger partial charge in [-0.05, 0) is 42.0 Å². The van der Waals surface area contributed by atoms with E-state index >= 15 is 0 Å². The molecule has 1 heterocycles. The second-order valence-electron chi connectivity index (χ2n) is 4.48. The van der Waals surface area contributed by atoms with E-state index in [0.29, 0.717) is 12.3 Å². The third-order valence-electron chi connectivity index (χ3n) is 2.48. The summed E-state index contributed by atoms with van der Waals surface area (Å²) in [6, 6.07) is -0.429. The van der Waals surface area contributed by atoms with E-state index in [2.05, 4.69) is 39.4 Å². The van der Waals surface area contributed by atoms with E-state index in [1.165, 1.54) is 0 Å². The van der Waals surface area contributed by atoms with Gasteiger partial charge in [-0.3, -0.25) is 4.79 Å². The molecule has 1 rings (SSSR count). The Bertz CT molecular complexity index is 421. The Morgan fingerprint density at radius 3 is 2.21 bits per heavy atom. The second-order valence-corrected chi connectivity index (χ2v) is 5.16. The Morgan fingerprint density at radius 2 is 1.74 bits per heavy atom. The normalized spacial score (nSPS) is 12.3. The van der Waals surface area contributed by atoms with Crippen molar-refractivity contribution in [2.45, 2.75) is 32.7 Å². The molecule has 2 N–H and O–H groups in total. The van der Waals surface area contributed by atoms with Crippen molar-refractivity contribution < 1.29 is 4.79 Å². The van der Waals surface area contributed by atoms with Crippen LogP contribution in [0.2, 0.25) is 10.6 Å². The fourth-order valence-electron chi connectivity index (χ4n) is 1.49. The van der Waals surface area contributed by atoms with Crippen LogP contribution < -0.4 is 10.6 Å². The number of halogens is 2. The highest BCUT2D eigenvalue weighted by molar-refractivity contribution is 6.31. The summed E-state index contributed by atoms with van der Waals surface area (Å²) in [5.74, 6) is 0.565. The van der Waals surface area contributed by atoms with Gasteiger partial charge in [-0.1, -0.05) is 13.8 Å². The van der Waals surface area contributed by atoms with Crippen LogP contribution in [0.3, 0.4) is 0 Å². The molecule has 0 saturated carbocycles. The summed E-state index contributed by atoms with van der Waals surface area (Å²) in [6.07, 6.45) is 1.57. The zero-order valence-electron chi connectivity index (χ0n) is 11.1. The van der Waals surface area contributed by atoms with E-state index in [1.54, 1.807) is 7.05 Å². The lowest BCUT2D eigenvalue weighted by Crippen LogP contribution is -2.38. The molecule has 0 radical (unpaired) electrons. The van der Waals surface area contributed by atoms with E-state index in [-0.39, 0.29) is 22.4 Å². The van der Waals surface area contributed by atoms with Crippen LogP contribution in [0, 0.1) is 5.92 Å². The Hall–Kier alpha value is -1.14. The Labute approximate surface area is 122 Å². The zero-order valence-corrected chi connectivity index (χ0v) is 12.6. The van der Waals surface area contributed by atoms with Gasteiger partial charge in [-0.15, -0.1) is 0 Å². The van der Waals surface area contributed by atoms with Crippen LogP contribution in [-0.4, -0.2) is 33.9 Å². The third kappa shape index (κ3) is 5.57. The highest BCUT2D eigenvalue weighted by Gasteiger charge is 2.19. The van der Waals surface area contributed by atoms with Crippen molar-refractivity contribution in [1.29, 1.82) is 0 Å². The first-order chi connectivity index (χ1) is 8.92. The minimum Gasteiger partial charge on any atom is -0.357 e. The molecule has 0 aliphatic heterocycles. The Balaban J connectivity index is 2.78. The standard InChI is InChI=1S/C11H17Cl2N5O/c1-6(2)4-5-7(8(19)14-3)15-11-17-9(12)16-10(13)18-11/h6-7H,4-5H2,1-3H3,(H,14,19)(H,15,16,17,18). The Kier molecular flexibility index (Phi) is 6.24. The summed E-state index contributed by atoms with van der Waals surface area (Å²) in [7, 11) is 1.58. The van der Waals surface area contributed by atoms with Crippen LogP contribution >= 0.6 is 23.2 Å². The van der Waals surface area contributed by atoms with Gasteiger partial charge in [0, 0.05) is 7.05 Å². The number of nitrogens with zero attached hydrogens (tertiary/aromatic N) is 3. The molecule has 1 aromatic rings. The summed E-state index contributed by atoms with van der Waals surface area (Å²) in [5, 5.41) is 5.50. The highest BCUT2D eigenvalue weighted by atomic mass is 35.5. The third-order valence-corrected chi connectivity index (χ3v) is 2.82. The second kappa shape index (κ2) is 7.45. The topological polar surface area (TPSA) is 79.8 Å². The monoisotopic (exact) mass is 305 g/mol. The lowest BCUT2D eigenvalue weighted by Gasteiger charge is -2.18. The number of likely N-dealkylation sites (N-methyl/N-ethyl adjacent to an activating group) is 1. The van der Waals surface area contributed by atoms with Crippen molar-refractivity contribution in [1.82, 2.24) is 20.3 Å². The van der Waals surface area contributed by atoms with Crippen LogP contribution in [0.25, 0.3) is 0 Å². The van der Waals surface area contributed by atoms with Gasteiger partial charge in [0.2, 0.25) is 22.4 Å². The van der Waals surface area contributed by atoms with Crippen LogP contribution in [0.5, 0.6) is 0 Å². The van der Waals surface area contributed by atoms with E-state index in [9.17, 15) is 4.79 Å². The van der Waals surface area contributed by atoms with E-state index in [1.807, 2.05) is 0 Å². The first kappa shape index (κ1) is 15.9. The van der Waals surface area contributed by atoms with Gasteiger partial charge in [0.1, 0.15) is 6.04 Å². The molecule has 8 heteroatoms. The maximum Gasteiger partial charge on any atom is 0.242 e. The molecule has 0 fully saturated rings. The minimum absolute atomic E-state index is 0.0120. The molecule has 0 spiro atoms. The number of carbonyl (C=O) groups is 1. The molecule has 0 bridgehead atoms. The fourth-order valence-corrected chi connectivity index (χ4v) is 1.85. The lowest BCUT2D eigenvalue weighted by atomic mass is 10.0. The molecule has 1 unspecified atom stereocenters. The lowest BCUT2D eigenvalue weighted by molar-refractivity contribution is -0.121. The molecule has 0 aliphatic carbocycles. The molecule has 1 amide bonds. The molecule has 1 aromatic heterocycles. The number of anilines is 1. The number of aromatic nitrogens is 3. The molecule has 0 saturated heterocycles. The SMILES string of the molecule is CNC(=O)C(CCC(C)C)Nc1nc(Cl)nc(Cl)n1. The largest absolute Gasteiger partial charge is 0.357 e. The van der Waals surface area contributed by atoms with Gasteiger partial charge in [-0.25, -0.2) is 0 Å². The van der Waals surface area contributed by atoms with Gasteiger partial charge >= 0.3 is 0 Å².